The molecule has 0 spiro atoms. The molecule has 6 heteroatoms. The summed E-state index contributed by atoms with van der Waals surface area (Å²) in [5.41, 5.74) is 2.66. The minimum absolute atomic E-state index is 0.257. The van der Waals surface area contributed by atoms with Gasteiger partial charge in [0, 0.05) is 5.56 Å². The highest BCUT2D eigenvalue weighted by molar-refractivity contribution is 6.17. The molecule has 0 aliphatic carbocycles. The van der Waals surface area contributed by atoms with Crippen molar-refractivity contribution in [2.75, 3.05) is 14.2 Å². The fraction of sp³-hybridized carbons (Fsp3) is 0.120. The lowest BCUT2D eigenvalue weighted by Crippen LogP contribution is -2.05. The molecule has 0 atom stereocenters. The molecule has 0 fully saturated rings. The molecule has 3 aromatic rings. The Morgan fingerprint density at radius 1 is 0.935 bits per heavy atom. The highest BCUT2D eigenvalue weighted by Gasteiger charge is 2.18. The van der Waals surface area contributed by atoms with E-state index in [4.69, 9.17) is 19.0 Å². The van der Waals surface area contributed by atoms with Crippen LogP contribution in [-0.4, -0.2) is 26.4 Å². The van der Waals surface area contributed by atoms with Crippen LogP contribution in [0.1, 0.15) is 16.7 Å². The first-order valence-corrected chi connectivity index (χ1v) is 9.59. The number of ether oxygens (including phenoxy) is 3. The second-order valence-electron chi connectivity index (χ2n) is 6.42. The minimum Gasteiger partial charge on any atom is -0.503 e. The van der Waals surface area contributed by atoms with Crippen molar-refractivity contribution in [2.45, 2.75) is 6.61 Å². The average Bonchev–Trinajstić information content (AvgIpc) is 2.81. The van der Waals surface area contributed by atoms with E-state index in [0.29, 0.717) is 23.7 Å². The summed E-state index contributed by atoms with van der Waals surface area (Å²) < 4.78 is 15.9. The van der Waals surface area contributed by atoms with Gasteiger partial charge in [0.15, 0.2) is 0 Å². The SMILES string of the molecule is COC=C(C(=O)OC)c1ccccc1Oc1cccc(C=NOCc2ccccc2)c1. The zero-order valence-electron chi connectivity index (χ0n) is 17.4. The van der Waals surface area contributed by atoms with Crippen molar-refractivity contribution < 1.29 is 23.8 Å². The second-order valence-corrected chi connectivity index (χ2v) is 6.42. The number of hydrogen-bond donors (Lipinski definition) is 0. The first-order chi connectivity index (χ1) is 15.2. The predicted molar refractivity (Wildman–Crippen MR) is 119 cm³/mol. The number of carbonyl (C=O) groups is 1. The number of methoxy groups -OCH3 is 2. The summed E-state index contributed by atoms with van der Waals surface area (Å²) in [5, 5.41) is 4.02. The summed E-state index contributed by atoms with van der Waals surface area (Å²) in [5.74, 6) is 0.557. The van der Waals surface area contributed by atoms with E-state index in [2.05, 4.69) is 5.16 Å². The van der Waals surface area contributed by atoms with Gasteiger partial charge in [-0.1, -0.05) is 65.8 Å². The molecule has 158 valence electrons. The first kappa shape index (κ1) is 21.6. The van der Waals surface area contributed by atoms with E-state index in [1.54, 1.807) is 18.3 Å². The lowest BCUT2D eigenvalue weighted by molar-refractivity contribution is -0.133. The molecule has 0 amide bonds. The quantitative estimate of drug-likeness (QED) is 0.158. The second kappa shape index (κ2) is 11.2. The van der Waals surface area contributed by atoms with Crippen LogP contribution in [0.5, 0.6) is 11.5 Å². The topological polar surface area (TPSA) is 66.4 Å². The molecule has 3 aromatic carbocycles. The Kier molecular flexibility index (Phi) is 7.83. The van der Waals surface area contributed by atoms with Crippen LogP contribution in [-0.2, 0) is 25.7 Å². The summed E-state index contributed by atoms with van der Waals surface area (Å²) in [6, 6.07) is 24.3. The van der Waals surface area contributed by atoms with E-state index in [1.165, 1.54) is 20.5 Å². The molecule has 0 bridgehead atoms. The van der Waals surface area contributed by atoms with Gasteiger partial charge in [0.1, 0.15) is 23.7 Å². The van der Waals surface area contributed by atoms with Crippen LogP contribution in [0.25, 0.3) is 5.57 Å². The van der Waals surface area contributed by atoms with Crippen molar-refractivity contribution in [2.24, 2.45) is 5.16 Å². The zero-order valence-corrected chi connectivity index (χ0v) is 17.4. The maximum Gasteiger partial charge on any atom is 0.341 e. The van der Waals surface area contributed by atoms with Gasteiger partial charge in [-0.3, -0.25) is 0 Å². The molecule has 0 saturated heterocycles. The molecule has 0 aromatic heterocycles. The Morgan fingerprint density at radius 3 is 2.48 bits per heavy atom. The minimum atomic E-state index is -0.519. The lowest BCUT2D eigenvalue weighted by atomic mass is 10.1. The van der Waals surface area contributed by atoms with E-state index in [-0.39, 0.29) is 5.57 Å². The molecule has 0 radical (unpaired) electrons. The number of benzene rings is 3. The van der Waals surface area contributed by atoms with Crippen molar-refractivity contribution in [3.63, 3.8) is 0 Å². The van der Waals surface area contributed by atoms with Crippen LogP contribution in [0, 0.1) is 0 Å². The summed E-state index contributed by atoms with van der Waals surface area (Å²) in [6.45, 7) is 0.392. The molecule has 0 unspecified atom stereocenters. The van der Waals surface area contributed by atoms with Crippen LogP contribution in [0.15, 0.2) is 90.3 Å². The number of esters is 1. The van der Waals surface area contributed by atoms with Crippen LogP contribution < -0.4 is 4.74 Å². The Morgan fingerprint density at radius 2 is 1.71 bits per heavy atom. The van der Waals surface area contributed by atoms with E-state index in [9.17, 15) is 4.79 Å². The highest BCUT2D eigenvalue weighted by atomic mass is 16.6. The first-order valence-electron chi connectivity index (χ1n) is 9.59. The number of nitrogens with zero attached hydrogens (tertiary/aromatic N) is 1. The van der Waals surface area contributed by atoms with E-state index < -0.39 is 5.97 Å². The molecule has 0 aliphatic heterocycles. The Hall–Kier alpha value is -4.06. The number of hydrogen-bond acceptors (Lipinski definition) is 6. The van der Waals surface area contributed by atoms with Crippen molar-refractivity contribution in [3.05, 3.63) is 102 Å². The normalized spacial score (nSPS) is 11.2. The number of para-hydroxylation sites is 1. The molecule has 6 nitrogen and oxygen atoms in total. The van der Waals surface area contributed by atoms with Crippen LogP contribution in [0.3, 0.4) is 0 Å². The summed E-state index contributed by atoms with van der Waals surface area (Å²) in [6.07, 6.45) is 2.95. The number of oxime groups is 1. The molecule has 3 rings (SSSR count). The Labute approximate surface area is 181 Å². The fourth-order valence-electron chi connectivity index (χ4n) is 2.80. The van der Waals surface area contributed by atoms with Gasteiger partial charge in [-0.25, -0.2) is 4.79 Å². The van der Waals surface area contributed by atoms with Gasteiger partial charge < -0.3 is 19.0 Å². The Balaban J connectivity index is 1.73. The van der Waals surface area contributed by atoms with E-state index >= 15 is 0 Å². The van der Waals surface area contributed by atoms with E-state index in [1.807, 2.05) is 66.7 Å². The van der Waals surface area contributed by atoms with Gasteiger partial charge in [-0.15, -0.1) is 0 Å². The average molecular weight is 417 g/mol. The molecule has 0 aliphatic rings. The maximum atomic E-state index is 12.2. The van der Waals surface area contributed by atoms with Gasteiger partial charge in [-0.05, 0) is 29.3 Å². The predicted octanol–water partition coefficient (Wildman–Crippen LogP) is 5.19. The number of carbonyl (C=O) groups excluding carboxylic acids is 1. The largest absolute Gasteiger partial charge is 0.503 e. The molecular formula is C25H23NO5. The molecule has 31 heavy (non-hydrogen) atoms. The monoisotopic (exact) mass is 417 g/mol. The Bertz CT molecular complexity index is 1060. The van der Waals surface area contributed by atoms with Crippen LogP contribution in [0.2, 0.25) is 0 Å². The third kappa shape index (κ3) is 6.21. The van der Waals surface area contributed by atoms with Gasteiger partial charge in [0.25, 0.3) is 0 Å². The lowest BCUT2D eigenvalue weighted by Gasteiger charge is -2.13. The third-order valence-electron chi connectivity index (χ3n) is 4.25. The maximum absolute atomic E-state index is 12.2. The van der Waals surface area contributed by atoms with Gasteiger partial charge in [0.2, 0.25) is 0 Å². The van der Waals surface area contributed by atoms with Crippen molar-refractivity contribution in [1.82, 2.24) is 0 Å². The van der Waals surface area contributed by atoms with Crippen molar-refractivity contribution >= 4 is 17.8 Å². The standard InChI is InChI=1S/C25H23NO5/c1-28-18-23(25(27)29-2)22-13-6-7-14-24(22)31-21-12-8-11-20(15-21)16-26-30-17-19-9-4-3-5-10-19/h3-16,18H,17H2,1-2H3. The molecule has 0 N–H and O–H groups in total. The molecular weight excluding hydrogens is 394 g/mol. The molecule has 0 saturated carbocycles. The van der Waals surface area contributed by atoms with Crippen molar-refractivity contribution in [1.29, 1.82) is 0 Å². The van der Waals surface area contributed by atoms with Crippen molar-refractivity contribution in [3.8, 4) is 11.5 Å². The fourth-order valence-corrected chi connectivity index (χ4v) is 2.80. The van der Waals surface area contributed by atoms with Crippen LogP contribution >= 0.6 is 0 Å². The van der Waals surface area contributed by atoms with Gasteiger partial charge in [0.05, 0.1) is 26.7 Å². The van der Waals surface area contributed by atoms with E-state index in [0.717, 1.165) is 11.1 Å². The summed E-state index contributed by atoms with van der Waals surface area (Å²) in [7, 11) is 2.78. The third-order valence-corrected chi connectivity index (χ3v) is 4.25. The number of rotatable bonds is 9. The van der Waals surface area contributed by atoms with Gasteiger partial charge >= 0.3 is 5.97 Å². The highest BCUT2D eigenvalue weighted by Crippen LogP contribution is 2.31. The van der Waals surface area contributed by atoms with Crippen LogP contribution in [0.4, 0.5) is 0 Å². The van der Waals surface area contributed by atoms with Gasteiger partial charge in [-0.2, -0.15) is 0 Å². The summed E-state index contributed by atoms with van der Waals surface area (Å²) >= 11 is 0. The smallest absolute Gasteiger partial charge is 0.341 e. The summed E-state index contributed by atoms with van der Waals surface area (Å²) in [4.78, 5) is 17.5. The molecule has 0 heterocycles. The zero-order chi connectivity index (χ0) is 21.9.